The number of benzene rings is 1. The Kier molecular flexibility index (Phi) is 7.16. The molecule has 1 fully saturated rings. The number of aliphatic hydroxyl groups is 1. The van der Waals surface area contributed by atoms with E-state index in [1.165, 1.54) is 22.4 Å². The molecule has 0 spiro atoms. The molecule has 0 unspecified atom stereocenters. The molecule has 0 radical (unpaired) electrons. The molecule has 2 rings (SSSR count). The normalized spacial score (nSPS) is 17.1. The first kappa shape index (κ1) is 20.8. The molecular formula is C18H28N2O5S. The van der Waals surface area contributed by atoms with Gasteiger partial charge in [-0.1, -0.05) is 12.5 Å². The fourth-order valence-corrected chi connectivity index (χ4v) is 4.64. The second kappa shape index (κ2) is 8.94. The molecule has 26 heavy (non-hydrogen) atoms. The molecule has 1 aliphatic rings. The van der Waals surface area contributed by atoms with Gasteiger partial charge < -0.3 is 14.7 Å². The van der Waals surface area contributed by atoms with Gasteiger partial charge in [-0.05, 0) is 37.5 Å². The Bertz CT molecular complexity index is 729. The van der Waals surface area contributed by atoms with Crippen LogP contribution in [0.15, 0.2) is 23.1 Å². The zero-order valence-corrected chi connectivity index (χ0v) is 16.5. The molecule has 1 aromatic carbocycles. The fourth-order valence-electron chi connectivity index (χ4n) is 3.10. The molecule has 146 valence electrons. The van der Waals surface area contributed by atoms with Gasteiger partial charge in [0.05, 0.1) is 17.6 Å². The maximum Gasteiger partial charge on any atom is 0.253 e. The Hall–Kier alpha value is -1.48. The fraction of sp³-hybridized carbons (Fsp3) is 0.611. The van der Waals surface area contributed by atoms with E-state index in [2.05, 4.69) is 0 Å². The van der Waals surface area contributed by atoms with E-state index in [-0.39, 0.29) is 24.0 Å². The largest absolute Gasteiger partial charge is 0.389 e. The molecule has 1 atom stereocenters. The first-order chi connectivity index (χ1) is 12.3. The molecule has 0 aromatic heterocycles. The molecule has 1 saturated heterocycles. The summed E-state index contributed by atoms with van der Waals surface area (Å²) < 4.78 is 32.1. The molecule has 0 saturated carbocycles. The zero-order valence-electron chi connectivity index (χ0n) is 15.6. The van der Waals surface area contributed by atoms with Crippen molar-refractivity contribution in [2.45, 2.75) is 37.2 Å². The first-order valence-corrected chi connectivity index (χ1v) is 10.2. The lowest BCUT2D eigenvalue weighted by molar-refractivity contribution is 0.0380. The summed E-state index contributed by atoms with van der Waals surface area (Å²) in [7, 11) is -0.547. The molecular weight excluding hydrogens is 356 g/mol. The second-order valence-electron chi connectivity index (χ2n) is 6.74. The number of piperidine rings is 1. The summed E-state index contributed by atoms with van der Waals surface area (Å²) in [6.07, 6.45) is 1.96. The van der Waals surface area contributed by atoms with Gasteiger partial charge in [-0.15, -0.1) is 0 Å². The van der Waals surface area contributed by atoms with Crippen LogP contribution in [0.3, 0.4) is 0 Å². The monoisotopic (exact) mass is 384 g/mol. The van der Waals surface area contributed by atoms with E-state index in [1.54, 1.807) is 26.1 Å². The summed E-state index contributed by atoms with van der Waals surface area (Å²) in [5.41, 5.74) is 1.02. The molecule has 8 heteroatoms. The number of rotatable bonds is 7. The molecule has 1 amide bonds. The Morgan fingerprint density at radius 3 is 2.58 bits per heavy atom. The number of carbonyl (C=O) groups is 1. The van der Waals surface area contributed by atoms with Crippen molar-refractivity contribution in [1.82, 2.24) is 9.21 Å². The van der Waals surface area contributed by atoms with Crippen LogP contribution in [0.5, 0.6) is 0 Å². The van der Waals surface area contributed by atoms with Crippen LogP contribution in [0.1, 0.15) is 35.2 Å². The first-order valence-electron chi connectivity index (χ1n) is 8.80. The van der Waals surface area contributed by atoms with Crippen LogP contribution in [0.2, 0.25) is 0 Å². The third-order valence-corrected chi connectivity index (χ3v) is 6.48. The number of likely N-dealkylation sites (N-methyl/N-ethyl adjacent to an activating group) is 1. The van der Waals surface area contributed by atoms with Gasteiger partial charge in [-0.2, -0.15) is 4.31 Å². The third-order valence-electron chi connectivity index (χ3n) is 4.58. The van der Waals surface area contributed by atoms with Crippen LogP contribution in [0, 0.1) is 6.92 Å². The summed E-state index contributed by atoms with van der Waals surface area (Å²) >= 11 is 0. The van der Waals surface area contributed by atoms with Crippen molar-refractivity contribution in [3.63, 3.8) is 0 Å². The average molecular weight is 384 g/mol. The van der Waals surface area contributed by atoms with Crippen molar-refractivity contribution < 1.29 is 23.1 Å². The van der Waals surface area contributed by atoms with Crippen LogP contribution < -0.4 is 0 Å². The topological polar surface area (TPSA) is 87.1 Å². The Morgan fingerprint density at radius 1 is 1.31 bits per heavy atom. The number of carbonyl (C=O) groups excluding carboxylic acids is 1. The zero-order chi connectivity index (χ0) is 19.3. The van der Waals surface area contributed by atoms with Crippen molar-refractivity contribution in [1.29, 1.82) is 0 Å². The number of methoxy groups -OCH3 is 1. The number of aliphatic hydroxyl groups excluding tert-OH is 1. The smallest absolute Gasteiger partial charge is 0.253 e. The van der Waals surface area contributed by atoms with Gasteiger partial charge >= 0.3 is 0 Å². The minimum Gasteiger partial charge on any atom is -0.389 e. The Labute approximate surface area is 155 Å². The Morgan fingerprint density at radius 2 is 1.96 bits per heavy atom. The molecule has 1 N–H and O–H groups in total. The highest BCUT2D eigenvalue weighted by atomic mass is 32.2. The van der Waals surface area contributed by atoms with E-state index in [4.69, 9.17) is 4.74 Å². The number of hydrogen-bond donors (Lipinski definition) is 1. The van der Waals surface area contributed by atoms with Crippen molar-refractivity contribution in [2.24, 2.45) is 0 Å². The van der Waals surface area contributed by atoms with Gasteiger partial charge in [-0.25, -0.2) is 8.42 Å². The number of sulfonamides is 1. The van der Waals surface area contributed by atoms with Gasteiger partial charge in [-0.3, -0.25) is 4.79 Å². The summed E-state index contributed by atoms with van der Waals surface area (Å²) in [5, 5.41) is 9.82. The van der Waals surface area contributed by atoms with E-state index >= 15 is 0 Å². The van der Waals surface area contributed by atoms with Gasteiger partial charge in [0.25, 0.3) is 5.91 Å². The van der Waals surface area contributed by atoms with Crippen molar-refractivity contribution in [3.8, 4) is 0 Å². The minimum atomic E-state index is -3.60. The van der Waals surface area contributed by atoms with Crippen LogP contribution >= 0.6 is 0 Å². The lowest BCUT2D eigenvalue weighted by Gasteiger charge is -2.26. The summed E-state index contributed by atoms with van der Waals surface area (Å²) in [5.74, 6) is -0.326. The van der Waals surface area contributed by atoms with E-state index in [0.717, 1.165) is 19.3 Å². The highest BCUT2D eigenvalue weighted by Crippen LogP contribution is 2.23. The number of nitrogens with zero attached hydrogens (tertiary/aromatic N) is 2. The maximum absolute atomic E-state index is 12.9. The van der Waals surface area contributed by atoms with Crippen LogP contribution in [-0.2, 0) is 14.8 Å². The number of hydrogen-bond acceptors (Lipinski definition) is 5. The van der Waals surface area contributed by atoms with E-state index in [0.29, 0.717) is 24.2 Å². The Balaban J connectivity index is 2.24. The van der Waals surface area contributed by atoms with E-state index < -0.39 is 16.1 Å². The number of aryl methyl sites for hydroxylation is 1. The summed E-state index contributed by atoms with van der Waals surface area (Å²) in [4.78, 5) is 14.2. The summed E-state index contributed by atoms with van der Waals surface area (Å²) in [6, 6.07) is 4.65. The van der Waals surface area contributed by atoms with Crippen LogP contribution in [-0.4, -0.2) is 75.1 Å². The highest BCUT2D eigenvalue weighted by Gasteiger charge is 2.27. The van der Waals surface area contributed by atoms with Crippen molar-refractivity contribution in [3.05, 3.63) is 29.3 Å². The quantitative estimate of drug-likeness (QED) is 0.764. The standard InChI is InChI=1S/C18H28N2O5S/c1-14-7-8-16(26(23,24)20-9-5-4-6-10-20)11-17(14)18(22)19(2)12-15(21)13-25-3/h7-8,11,15,21H,4-6,9-10,12-13H2,1-3H3/t15-/m1/s1. The van der Waals surface area contributed by atoms with E-state index in [1.807, 2.05) is 0 Å². The predicted octanol–water partition coefficient (Wildman–Crippen LogP) is 1.25. The van der Waals surface area contributed by atoms with Gasteiger partial charge in [0.15, 0.2) is 0 Å². The molecule has 0 bridgehead atoms. The SMILES string of the molecule is COC[C@H](O)CN(C)C(=O)c1cc(S(=O)(=O)N2CCCCC2)ccc1C. The molecule has 7 nitrogen and oxygen atoms in total. The lowest BCUT2D eigenvalue weighted by Crippen LogP contribution is -2.37. The van der Waals surface area contributed by atoms with E-state index in [9.17, 15) is 18.3 Å². The second-order valence-corrected chi connectivity index (χ2v) is 8.67. The van der Waals surface area contributed by atoms with Crippen LogP contribution in [0.4, 0.5) is 0 Å². The molecule has 1 aromatic rings. The molecule has 1 heterocycles. The average Bonchev–Trinajstić information content (AvgIpc) is 2.62. The summed E-state index contributed by atoms with van der Waals surface area (Å²) in [6.45, 7) is 3.03. The third kappa shape index (κ3) is 4.82. The predicted molar refractivity (Wildman–Crippen MR) is 98.6 cm³/mol. The highest BCUT2D eigenvalue weighted by molar-refractivity contribution is 7.89. The van der Waals surface area contributed by atoms with Crippen LogP contribution in [0.25, 0.3) is 0 Å². The number of amides is 1. The maximum atomic E-state index is 12.9. The van der Waals surface area contributed by atoms with Gasteiger partial charge in [0.2, 0.25) is 10.0 Å². The number of ether oxygens (including phenoxy) is 1. The molecule has 0 aliphatic carbocycles. The van der Waals surface area contributed by atoms with Gasteiger partial charge in [0.1, 0.15) is 0 Å². The lowest BCUT2D eigenvalue weighted by atomic mass is 10.1. The molecule has 1 aliphatic heterocycles. The van der Waals surface area contributed by atoms with Crippen molar-refractivity contribution in [2.75, 3.05) is 40.4 Å². The minimum absolute atomic E-state index is 0.106. The van der Waals surface area contributed by atoms with Gasteiger partial charge in [0, 0.05) is 39.4 Å². The van der Waals surface area contributed by atoms with Crippen molar-refractivity contribution >= 4 is 15.9 Å².